The topological polar surface area (TPSA) is 59.4 Å². The van der Waals surface area contributed by atoms with E-state index in [1.165, 1.54) is 12.8 Å². The van der Waals surface area contributed by atoms with E-state index >= 15 is 0 Å². The van der Waals surface area contributed by atoms with Gasteiger partial charge in [-0.15, -0.1) is 0 Å². The van der Waals surface area contributed by atoms with Gasteiger partial charge in [0, 0.05) is 17.3 Å². The SMILES string of the molecule is CCn1c(CN2CCCC2)nc2cc(NC(=O)COc3ccc(Cl)cc3)ccc21. The highest BCUT2D eigenvalue weighted by molar-refractivity contribution is 6.30. The van der Waals surface area contributed by atoms with Gasteiger partial charge in [-0.2, -0.15) is 0 Å². The number of hydrogen-bond acceptors (Lipinski definition) is 4. The summed E-state index contributed by atoms with van der Waals surface area (Å²) >= 11 is 5.85. The predicted molar refractivity (Wildman–Crippen MR) is 115 cm³/mol. The van der Waals surface area contributed by atoms with Gasteiger partial charge in [-0.25, -0.2) is 4.98 Å². The molecule has 3 aromatic rings. The third kappa shape index (κ3) is 4.71. The lowest BCUT2D eigenvalue weighted by Gasteiger charge is -2.14. The lowest BCUT2D eigenvalue weighted by molar-refractivity contribution is -0.118. The van der Waals surface area contributed by atoms with Crippen LogP contribution in [0.4, 0.5) is 5.69 Å². The second-order valence-electron chi connectivity index (χ2n) is 7.25. The van der Waals surface area contributed by atoms with Crippen LogP contribution in [0.2, 0.25) is 5.02 Å². The van der Waals surface area contributed by atoms with Crippen LogP contribution < -0.4 is 10.1 Å². The Labute approximate surface area is 175 Å². The molecule has 0 bridgehead atoms. The van der Waals surface area contributed by atoms with Gasteiger partial charge in [0.05, 0.1) is 17.6 Å². The second-order valence-corrected chi connectivity index (χ2v) is 7.69. The first-order valence-corrected chi connectivity index (χ1v) is 10.4. The van der Waals surface area contributed by atoms with Crippen molar-refractivity contribution in [1.82, 2.24) is 14.5 Å². The molecular weight excluding hydrogens is 388 g/mol. The second kappa shape index (κ2) is 8.84. The first-order valence-electron chi connectivity index (χ1n) is 10.0. The first-order chi connectivity index (χ1) is 14.1. The number of fused-ring (bicyclic) bond motifs is 1. The fourth-order valence-electron chi connectivity index (χ4n) is 3.75. The third-order valence-electron chi connectivity index (χ3n) is 5.17. The van der Waals surface area contributed by atoms with Crippen molar-refractivity contribution in [3.05, 3.63) is 53.3 Å². The molecule has 0 aliphatic carbocycles. The molecule has 0 unspecified atom stereocenters. The summed E-state index contributed by atoms with van der Waals surface area (Å²) in [5.41, 5.74) is 2.71. The lowest BCUT2D eigenvalue weighted by Crippen LogP contribution is -2.21. The highest BCUT2D eigenvalue weighted by atomic mass is 35.5. The molecule has 4 rings (SSSR count). The van der Waals surface area contributed by atoms with E-state index in [1.807, 2.05) is 18.2 Å². The van der Waals surface area contributed by atoms with E-state index in [0.29, 0.717) is 10.8 Å². The van der Waals surface area contributed by atoms with Crippen molar-refractivity contribution in [2.75, 3.05) is 25.0 Å². The minimum absolute atomic E-state index is 0.0662. The summed E-state index contributed by atoms with van der Waals surface area (Å²) in [5.74, 6) is 1.47. The maximum absolute atomic E-state index is 12.3. The molecule has 0 radical (unpaired) electrons. The number of imidazole rings is 1. The number of ether oxygens (including phenoxy) is 1. The van der Waals surface area contributed by atoms with Gasteiger partial charge in [0.15, 0.2) is 6.61 Å². The van der Waals surface area contributed by atoms with E-state index in [2.05, 4.69) is 21.7 Å². The Balaban J connectivity index is 1.43. The summed E-state index contributed by atoms with van der Waals surface area (Å²) in [6.07, 6.45) is 2.53. The van der Waals surface area contributed by atoms with Crippen molar-refractivity contribution in [1.29, 1.82) is 0 Å². The van der Waals surface area contributed by atoms with E-state index < -0.39 is 0 Å². The Morgan fingerprint density at radius 1 is 1.17 bits per heavy atom. The summed E-state index contributed by atoms with van der Waals surface area (Å²) in [6.45, 7) is 6.10. The van der Waals surface area contributed by atoms with Crippen LogP contribution in [-0.4, -0.2) is 40.1 Å². The zero-order chi connectivity index (χ0) is 20.2. The maximum atomic E-state index is 12.3. The molecule has 1 fully saturated rings. The molecule has 1 aromatic heterocycles. The van der Waals surface area contributed by atoms with Gasteiger partial charge in [0.1, 0.15) is 11.6 Å². The number of likely N-dealkylation sites (tertiary alicyclic amines) is 1. The molecule has 0 saturated carbocycles. The Hall–Kier alpha value is -2.57. The monoisotopic (exact) mass is 412 g/mol. The van der Waals surface area contributed by atoms with Crippen LogP contribution in [0.25, 0.3) is 11.0 Å². The fourth-order valence-corrected chi connectivity index (χ4v) is 3.87. The zero-order valence-electron chi connectivity index (χ0n) is 16.5. The molecular formula is C22H25ClN4O2. The number of benzene rings is 2. The van der Waals surface area contributed by atoms with Crippen LogP contribution in [0.3, 0.4) is 0 Å². The van der Waals surface area contributed by atoms with Gasteiger partial charge in [-0.05, 0) is 75.3 Å². The Kier molecular flexibility index (Phi) is 6.02. The van der Waals surface area contributed by atoms with Crippen LogP contribution in [-0.2, 0) is 17.9 Å². The molecule has 0 spiro atoms. The Morgan fingerprint density at radius 2 is 1.93 bits per heavy atom. The molecule has 29 heavy (non-hydrogen) atoms. The lowest BCUT2D eigenvalue weighted by atomic mass is 10.2. The van der Waals surface area contributed by atoms with Crippen LogP contribution in [0, 0.1) is 0 Å². The average molecular weight is 413 g/mol. The molecule has 2 aromatic carbocycles. The smallest absolute Gasteiger partial charge is 0.262 e. The fraction of sp³-hybridized carbons (Fsp3) is 0.364. The van der Waals surface area contributed by atoms with Gasteiger partial charge < -0.3 is 14.6 Å². The van der Waals surface area contributed by atoms with Crippen molar-refractivity contribution in [2.45, 2.75) is 32.9 Å². The summed E-state index contributed by atoms with van der Waals surface area (Å²) in [5, 5.41) is 3.52. The number of amides is 1. The van der Waals surface area contributed by atoms with Gasteiger partial charge in [-0.3, -0.25) is 9.69 Å². The summed E-state index contributed by atoms with van der Waals surface area (Å²) in [7, 11) is 0. The largest absolute Gasteiger partial charge is 0.484 e. The Bertz CT molecular complexity index is 994. The van der Waals surface area contributed by atoms with Crippen LogP contribution in [0.15, 0.2) is 42.5 Å². The summed E-state index contributed by atoms with van der Waals surface area (Å²) < 4.78 is 7.75. The molecule has 1 aliphatic heterocycles. The van der Waals surface area contributed by atoms with Gasteiger partial charge >= 0.3 is 0 Å². The van der Waals surface area contributed by atoms with Crippen molar-refractivity contribution in [3.8, 4) is 5.75 Å². The van der Waals surface area contributed by atoms with Crippen molar-refractivity contribution >= 4 is 34.2 Å². The highest BCUT2D eigenvalue weighted by Gasteiger charge is 2.17. The molecule has 152 valence electrons. The third-order valence-corrected chi connectivity index (χ3v) is 5.43. The number of nitrogens with zero attached hydrogens (tertiary/aromatic N) is 3. The molecule has 1 N–H and O–H groups in total. The summed E-state index contributed by atoms with van der Waals surface area (Å²) in [4.78, 5) is 19.5. The molecule has 2 heterocycles. The van der Waals surface area contributed by atoms with E-state index in [9.17, 15) is 4.79 Å². The van der Waals surface area contributed by atoms with Crippen LogP contribution in [0.1, 0.15) is 25.6 Å². The Morgan fingerprint density at radius 3 is 2.66 bits per heavy atom. The zero-order valence-corrected chi connectivity index (χ0v) is 17.3. The number of rotatable bonds is 7. The van der Waals surface area contributed by atoms with Gasteiger partial charge in [0.2, 0.25) is 0 Å². The number of aromatic nitrogens is 2. The van der Waals surface area contributed by atoms with E-state index in [1.54, 1.807) is 24.3 Å². The average Bonchev–Trinajstić information content (AvgIpc) is 3.34. The quantitative estimate of drug-likeness (QED) is 0.627. The molecule has 7 heteroatoms. The van der Waals surface area contributed by atoms with Crippen molar-refractivity contribution < 1.29 is 9.53 Å². The van der Waals surface area contributed by atoms with Crippen LogP contribution in [0.5, 0.6) is 5.75 Å². The minimum atomic E-state index is -0.216. The van der Waals surface area contributed by atoms with Crippen molar-refractivity contribution in [2.24, 2.45) is 0 Å². The van der Waals surface area contributed by atoms with E-state index in [4.69, 9.17) is 21.3 Å². The number of carbonyl (C=O) groups excluding carboxylic acids is 1. The van der Waals surface area contributed by atoms with Gasteiger partial charge in [-0.1, -0.05) is 11.6 Å². The number of anilines is 1. The predicted octanol–water partition coefficient (Wildman–Crippen LogP) is 4.32. The van der Waals surface area contributed by atoms with Crippen LogP contribution >= 0.6 is 11.6 Å². The van der Waals surface area contributed by atoms with Crippen molar-refractivity contribution in [3.63, 3.8) is 0 Å². The molecule has 1 saturated heterocycles. The number of carbonyl (C=O) groups is 1. The van der Waals surface area contributed by atoms with E-state index in [-0.39, 0.29) is 12.5 Å². The molecule has 0 atom stereocenters. The highest BCUT2D eigenvalue weighted by Crippen LogP contribution is 2.23. The normalized spacial score (nSPS) is 14.4. The number of aryl methyl sites for hydroxylation is 1. The van der Waals surface area contributed by atoms with Gasteiger partial charge in [0.25, 0.3) is 5.91 Å². The number of hydrogen-bond donors (Lipinski definition) is 1. The number of halogens is 1. The summed E-state index contributed by atoms with van der Waals surface area (Å²) in [6, 6.07) is 12.8. The molecule has 1 aliphatic rings. The molecule has 6 nitrogen and oxygen atoms in total. The number of nitrogens with one attached hydrogen (secondary N) is 1. The minimum Gasteiger partial charge on any atom is -0.484 e. The maximum Gasteiger partial charge on any atom is 0.262 e. The standard InChI is InChI=1S/C22H25ClN4O2/c1-2-27-20-10-7-17(13-19(20)25-21(27)14-26-11-3-4-12-26)24-22(28)15-29-18-8-5-16(23)6-9-18/h5-10,13H,2-4,11-12,14-15H2,1H3,(H,24,28). The first kappa shape index (κ1) is 19.7. The van der Waals surface area contributed by atoms with E-state index in [0.717, 1.165) is 48.7 Å². The molecule has 1 amide bonds.